The summed E-state index contributed by atoms with van der Waals surface area (Å²) in [6, 6.07) is 8.22. The third-order valence-electron chi connectivity index (χ3n) is 2.43. The molecule has 0 spiro atoms. The van der Waals surface area contributed by atoms with Gasteiger partial charge in [-0.2, -0.15) is 0 Å². The van der Waals surface area contributed by atoms with Crippen molar-refractivity contribution in [1.82, 2.24) is 0 Å². The molecule has 0 amide bonds. The van der Waals surface area contributed by atoms with Crippen LogP contribution in [-0.4, -0.2) is 32.8 Å². The lowest BCUT2D eigenvalue weighted by Gasteiger charge is -2.35. The number of hydrogen-bond acceptors (Lipinski definition) is 0. The highest BCUT2D eigenvalue weighted by atomic mass is 35.5. The lowest BCUT2D eigenvalue weighted by atomic mass is 10.2. The molecule has 0 aliphatic rings. The number of halogens is 1. The SMILES string of the molecule is C[N+](C)(Cc1ccc(Cl)cc1)C[Si](C)(C)C. The van der Waals surface area contributed by atoms with Gasteiger partial charge in [0, 0.05) is 10.6 Å². The van der Waals surface area contributed by atoms with E-state index in [1.54, 1.807) is 0 Å². The summed E-state index contributed by atoms with van der Waals surface area (Å²) in [6.07, 6.45) is 1.30. The summed E-state index contributed by atoms with van der Waals surface area (Å²) < 4.78 is 1.07. The van der Waals surface area contributed by atoms with Crippen LogP contribution in [0.1, 0.15) is 5.56 Å². The minimum atomic E-state index is -1.01. The highest BCUT2D eigenvalue weighted by Crippen LogP contribution is 2.16. The maximum absolute atomic E-state index is 5.89. The fourth-order valence-electron chi connectivity index (χ4n) is 2.42. The number of quaternary nitrogens is 1. The van der Waals surface area contributed by atoms with Crippen LogP contribution in [0.2, 0.25) is 24.7 Å². The van der Waals surface area contributed by atoms with Crippen LogP contribution in [0.4, 0.5) is 0 Å². The van der Waals surface area contributed by atoms with Gasteiger partial charge in [-0.1, -0.05) is 43.4 Å². The number of hydrogen-bond donors (Lipinski definition) is 0. The number of rotatable bonds is 4. The van der Waals surface area contributed by atoms with Gasteiger partial charge in [-0.3, -0.25) is 0 Å². The van der Waals surface area contributed by atoms with Gasteiger partial charge >= 0.3 is 0 Å². The van der Waals surface area contributed by atoms with Crippen LogP contribution in [0.5, 0.6) is 0 Å². The summed E-state index contributed by atoms with van der Waals surface area (Å²) in [5, 5.41) is 0.819. The molecule has 0 saturated heterocycles. The predicted molar refractivity (Wildman–Crippen MR) is 75.5 cm³/mol. The summed E-state index contributed by atoms with van der Waals surface area (Å²) in [7, 11) is 3.61. The second kappa shape index (κ2) is 4.90. The van der Waals surface area contributed by atoms with Gasteiger partial charge in [-0.05, 0) is 12.1 Å². The lowest BCUT2D eigenvalue weighted by Crippen LogP contribution is -2.49. The fraction of sp³-hybridized carbons (Fsp3) is 0.538. The molecule has 0 aliphatic heterocycles. The first-order chi connectivity index (χ1) is 7.18. The average Bonchev–Trinajstić information content (AvgIpc) is 2.04. The molecule has 0 heterocycles. The molecule has 16 heavy (non-hydrogen) atoms. The van der Waals surface area contributed by atoms with Crippen LogP contribution in [-0.2, 0) is 6.54 Å². The van der Waals surface area contributed by atoms with Gasteiger partial charge < -0.3 is 4.48 Å². The van der Waals surface area contributed by atoms with Crippen molar-refractivity contribution in [3.05, 3.63) is 34.9 Å². The Morgan fingerprint density at radius 1 is 1.06 bits per heavy atom. The van der Waals surface area contributed by atoms with Gasteiger partial charge in [0.05, 0.1) is 20.3 Å². The largest absolute Gasteiger partial charge is 0.328 e. The number of nitrogens with zero attached hydrogens (tertiary/aromatic N) is 1. The van der Waals surface area contributed by atoms with Crippen LogP contribution in [0.25, 0.3) is 0 Å². The van der Waals surface area contributed by atoms with E-state index in [-0.39, 0.29) is 0 Å². The van der Waals surface area contributed by atoms with Crippen LogP contribution in [0.15, 0.2) is 24.3 Å². The van der Waals surface area contributed by atoms with Crippen LogP contribution in [0.3, 0.4) is 0 Å². The first-order valence-electron chi connectivity index (χ1n) is 5.74. The third-order valence-corrected chi connectivity index (χ3v) is 4.48. The minimum absolute atomic E-state index is 0.819. The second-order valence-corrected chi connectivity index (χ2v) is 12.3. The van der Waals surface area contributed by atoms with Gasteiger partial charge in [-0.15, -0.1) is 0 Å². The van der Waals surface area contributed by atoms with Crippen molar-refractivity contribution in [2.45, 2.75) is 26.2 Å². The fourth-order valence-corrected chi connectivity index (χ4v) is 5.23. The van der Waals surface area contributed by atoms with E-state index in [9.17, 15) is 0 Å². The van der Waals surface area contributed by atoms with E-state index in [4.69, 9.17) is 11.6 Å². The Kier molecular flexibility index (Phi) is 4.21. The van der Waals surface area contributed by atoms with Crippen molar-refractivity contribution < 1.29 is 4.48 Å². The normalized spacial score (nSPS) is 12.9. The number of benzene rings is 1. The minimum Gasteiger partial charge on any atom is -0.328 e. The van der Waals surface area contributed by atoms with Crippen molar-refractivity contribution >= 4 is 19.7 Å². The van der Waals surface area contributed by atoms with Crippen LogP contribution >= 0.6 is 11.6 Å². The summed E-state index contributed by atoms with van der Waals surface area (Å²) in [5.74, 6) is 0. The molecular weight excluding hydrogens is 234 g/mol. The molecule has 1 aromatic rings. The third kappa shape index (κ3) is 5.15. The predicted octanol–water partition coefficient (Wildman–Crippen LogP) is 3.79. The molecule has 1 aromatic carbocycles. The quantitative estimate of drug-likeness (QED) is 0.568. The summed E-state index contributed by atoms with van der Waals surface area (Å²) in [5.41, 5.74) is 1.37. The first kappa shape index (κ1) is 13.8. The Balaban J connectivity index is 2.69. The highest BCUT2D eigenvalue weighted by molar-refractivity contribution is 6.75. The van der Waals surface area contributed by atoms with Crippen molar-refractivity contribution in [2.75, 3.05) is 20.3 Å². The van der Waals surface area contributed by atoms with Gasteiger partial charge in [-0.25, -0.2) is 0 Å². The summed E-state index contributed by atoms with van der Waals surface area (Å²) in [4.78, 5) is 0. The van der Waals surface area contributed by atoms with E-state index in [0.717, 1.165) is 16.1 Å². The standard InChI is InChI=1S/C13H23ClNSi/c1-15(2,11-16(3,4)5)10-12-6-8-13(14)9-7-12/h6-9H,10-11H2,1-5H3/q+1. The molecule has 0 radical (unpaired) electrons. The Morgan fingerprint density at radius 2 is 1.56 bits per heavy atom. The zero-order valence-electron chi connectivity index (χ0n) is 11.0. The van der Waals surface area contributed by atoms with Gasteiger partial charge in [0.1, 0.15) is 14.6 Å². The van der Waals surface area contributed by atoms with Gasteiger partial charge in [0.15, 0.2) is 0 Å². The molecule has 0 aliphatic carbocycles. The monoisotopic (exact) mass is 256 g/mol. The van der Waals surface area contributed by atoms with Gasteiger partial charge in [0.2, 0.25) is 0 Å². The molecule has 3 heteroatoms. The molecule has 90 valence electrons. The van der Waals surface area contributed by atoms with E-state index in [2.05, 4.69) is 45.9 Å². The second-order valence-electron chi connectivity index (χ2n) is 6.44. The van der Waals surface area contributed by atoms with Crippen LogP contribution < -0.4 is 0 Å². The molecule has 0 saturated carbocycles. The summed E-state index contributed by atoms with van der Waals surface area (Å²) in [6.45, 7) is 8.36. The Bertz CT molecular complexity index is 338. The van der Waals surface area contributed by atoms with Gasteiger partial charge in [0.25, 0.3) is 0 Å². The van der Waals surface area contributed by atoms with E-state index < -0.39 is 8.07 Å². The topological polar surface area (TPSA) is 0 Å². The molecule has 0 aromatic heterocycles. The molecule has 0 unspecified atom stereocenters. The van der Waals surface area contributed by atoms with E-state index in [0.29, 0.717) is 0 Å². The molecule has 1 rings (SSSR count). The molecular formula is C13H23ClNSi+. The van der Waals surface area contributed by atoms with Crippen molar-refractivity contribution in [3.8, 4) is 0 Å². The van der Waals surface area contributed by atoms with Crippen LogP contribution in [0, 0.1) is 0 Å². The Morgan fingerprint density at radius 3 is 2.00 bits per heavy atom. The molecule has 1 nitrogen and oxygen atoms in total. The maximum Gasteiger partial charge on any atom is 0.110 e. The first-order valence-corrected chi connectivity index (χ1v) is 9.83. The van der Waals surface area contributed by atoms with E-state index in [1.165, 1.54) is 11.7 Å². The van der Waals surface area contributed by atoms with Crippen molar-refractivity contribution in [2.24, 2.45) is 0 Å². The highest BCUT2D eigenvalue weighted by Gasteiger charge is 2.26. The van der Waals surface area contributed by atoms with Crippen molar-refractivity contribution in [3.63, 3.8) is 0 Å². The molecule has 0 fully saturated rings. The van der Waals surface area contributed by atoms with E-state index >= 15 is 0 Å². The molecule has 0 N–H and O–H groups in total. The molecule has 0 bridgehead atoms. The van der Waals surface area contributed by atoms with Crippen molar-refractivity contribution in [1.29, 1.82) is 0 Å². The zero-order chi connectivity index (χ0) is 12.4. The smallest absolute Gasteiger partial charge is 0.110 e. The summed E-state index contributed by atoms with van der Waals surface area (Å²) >= 11 is 5.89. The lowest BCUT2D eigenvalue weighted by molar-refractivity contribution is -0.894. The zero-order valence-corrected chi connectivity index (χ0v) is 12.8. The molecule has 0 atom stereocenters. The Labute approximate surface area is 106 Å². The Hall–Kier alpha value is -0.313. The average molecular weight is 257 g/mol. The maximum atomic E-state index is 5.89. The van der Waals surface area contributed by atoms with E-state index in [1.807, 2.05) is 12.1 Å².